The molecule has 0 saturated carbocycles. The number of hydrogen-bond donors (Lipinski definition) is 3. The van der Waals surface area contributed by atoms with Crippen LogP contribution in [-0.4, -0.2) is 62.0 Å². The molecule has 2 aliphatic rings. The van der Waals surface area contributed by atoms with Gasteiger partial charge >= 0.3 is 6.09 Å². The van der Waals surface area contributed by atoms with Gasteiger partial charge in [0.1, 0.15) is 6.10 Å². The van der Waals surface area contributed by atoms with Crippen LogP contribution in [0, 0.1) is 22.7 Å². The van der Waals surface area contributed by atoms with Crippen LogP contribution in [0.1, 0.15) is 38.7 Å². The van der Waals surface area contributed by atoms with Crippen LogP contribution in [0.2, 0.25) is 0 Å². The highest BCUT2D eigenvalue weighted by Gasteiger charge is 2.44. The summed E-state index contributed by atoms with van der Waals surface area (Å²) in [5, 5.41) is 25.8. The molecular formula is C24H35N3O5. The van der Waals surface area contributed by atoms with Gasteiger partial charge in [0.15, 0.2) is 6.29 Å². The van der Waals surface area contributed by atoms with E-state index < -0.39 is 18.2 Å². The van der Waals surface area contributed by atoms with E-state index >= 15 is 0 Å². The maximum atomic E-state index is 12.7. The lowest BCUT2D eigenvalue weighted by atomic mass is 9.88. The number of nitrogens with one attached hydrogen (secondary N) is 2. The average Bonchev–Trinajstić information content (AvgIpc) is 3.37. The molecule has 0 aromatic heterocycles. The summed E-state index contributed by atoms with van der Waals surface area (Å²) < 4.78 is 16.7. The van der Waals surface area contributed by atoms with E-state index in [4.69, 9.17) is 19.5 Å². The van der Waals surface area contributed by atoms with Crippen LogP contribution in [-0.2, 0) is 20.6 Å². The Balaban J connectivity index is 1.55. The van der Waals surface area contributed by atoms with Crippen molar-refractivity contribution in [3.63, 3.8) is 0 Å². The number of alkyl carbamates (subject to hydrolysis) is 1. The molecular weight excluding hydrogens is 410 g/mol. The number of fused-ring (bicyclic) bond motifs is 1. The minimum Gasteiger partial charge on any atom is -0.443 e. The van der Waals surface area contributed by atoms with Gasteiger partial charge in [0.2, 0.25) is 0 Å². The summed E-state index contributed by atoms with van der Waals surface area (Å²) in [6.45, 7) is 6.10. The standard InChI is InChI=1S/C24H35N3O5/c1-24(2,10-6-11-25)16-26-14-20(28)19(13-17-7-4-3-5-8-17)27-23(29)32-21-15-31-22-18(21)9-12-30-22/h3-5,7-8,18-22,26,28H,6,9-10,12-16H2,1-2H3,(H,27,29)/t18-,19?,20?,21-,22+/m0/s1. The Hall–Kier alpha value is -2.18. The van der Waals surface area contributed by atoms with Crippen molar-refractivity contribution in [2.24, 2.45) is 11.3 Å². The molecule has 0 spiro atoms. The second kappa shape index (κ2) is 11.6. The second-order valence-corrected chi connectivity index (χ2v) is 9.43. The molecule has 2 saturated heterocycles. The highest BCUT2D eigenvalue weighted by atomic mass is 16.7. The summed E-state index contributed by atoms with van der Waals surface area (Å²) in [7, 11) is 0. The number of aliphatic hydroxyl groups is 1. The SMILES string of the molecule is CC(C)(CCC#N)CNCC(O)C(Cc1ccccc1)NC(=O)O[C@H]1CO[C@H]2OCC[C@H]21. The third-order valence-corrected chi connectivity index (χ3v) is 6.18. The number of aliphatic hydroxyl groups excluding tert-OH is 1. The van der Waals surface area contributed by atoms with Crippen molar-refractivity contribution in [2.75, 3.05) is 26.3 Å². The van der Waals surface area contributed by atoms with Crippen molar-refractivity contribution >= 4 is 6.09 Å². The highest BCUT2D eigenvalue weighted by molar-refractivity contribution is 5.68. The predicted molar refractivity (Wildman–Crippen MR) is 119 cm³/mol. The summed E-state index contributed by atoms with van der Waals surface area (Å²) >= 11 is 0. The number of benzene rings is 1. The molecule has 1 aromatic carbocycles. The zero-order valence-corrected chi connectivity index (χ0v) is 19.0. The summed E-state index contributed by atoms with van der Waals surface area (Å²) in [5.74, 6) is 0.0653. The first-order valence-electron chi connectivity index (χ1n) is 11.4. The zero-order valence-electron chi connectivity index (χ0n) is 19.0. The number of carbonyl (C=O) groups is 1. The topological polar surface area (TPSA) is 113 Å². The lowest BCUT2D eigenvalue weighted by Gasteiger charge is -2.28. The van der Waals surface area contributed by atoms with Gasteiger partial charge in [0, 0.05) is 19.5 Å². The minimum absolute atomic E-state index is 0.0564. The van der Waals surface area contributed by atoms with E-state index in [0.717, 1.165) is 18.4 Å². The van der Waals surface area contributed by atoms with Crippen LogP contribution in [0.5, 0.6) is 0 Å². The van der Waals surface area contributed by atoms with Gasteiger partial charge in [-0.2, -0.15) is 5.26 Å². The van der Waals surface area contributed by atoms with E-state index in [2.05, 4.69) is 30.6 Å². The molecule has 8 nitrogen and oxygen atoms in total. The molecule has 1 amide bonds. The molecule has 1 aromatic rings. The van der Waals surface area contributed by atoms with Crippen LogP contribution >= 0.6 is 0 Å². The van der Waals surface area contributed by atoms with Gasteiger partial charge < -0.3 is 30.0 Å². The molecule has 2 fully saturated rings. The number of nitrogens with zero attached hydrogens (tertiary/aromatic N) is 1. The van der Waals surface area contributed by atoms with Crippen LogP contribution < -0.4 is 10.6 Å². The van der Waals surface area contributed by atoms with Crippen LogP contribution in [0.25, 0.3) is 0 Å². The number of carbonyl (C=O) groups excluding carboxylic acids is 1. The fraction of sp³-hybridized carbons (Fsp3) is 0.667. The molecule has 0 aliphatic carbocycles. The normalized spacial score (nSPS) is 24.4. The van der Waals surface area contributed by atoms with Crippen LogP contribution in [0.3, 0.4) is 0 Å². The Bertz CT molecular complexity index is 767. The summed E-state index contributed by atoms with van der Waals surface area (Å²) in [4.78, 5) is 12.7. The van der Waals surface area contributed by atoms with Crippen LogP contribution in [0.4, 0.5) is 4.79 Å². The fourth-order valence-corrected chi connectivity index (χ4v) is 4.21. The Morgan fingerprint density at radius 2 is 2.12 bits per heavy atom. The fourth-order valence-electron chi connectivity index (χ4n) is 4.21. The summed E-state index contributed by atoms with van der Waals surface area (Å²) in [6, 6.07) is 11.4. The van der Waals surface area contributed by atoms with Gasteiger partial charge in [0.05, 0.1) is 37.3 Å². The number of hydrogen-bond acceptors (Lipinski definition) is 7. The molecule has 2 aliphatic heterocycles. The van der Waals surface area contributed by atoms with Crippen molar-refractivity contribution in [3.8, 4) is 6.07 Å². The second-order valence-electron chi connectivity index (χ2n) is 9.43. The Morgan fingerprint density at radius 3 is 2.88 bits per heavy atom. The van der Waals surface area contributed by atoms with Gasteiger partial charge in [-0.15, -0.1) is 0 Å². The van der Waals surface area contributed by atoms with Crippen molar-refractivity contribution in [3.05, 3.63) is 35.9 Å². The first kappa shape index (κ1) is 24.5. The number of ether oxygens (including phenoxy) is 3. The minimum atomic E-state index is -0.808. The van der Waals surface area contributed by atoms with Gasteiger partial charge in [-0.3, -0.25) is 0 Å². The molecule has 176 valence electrons. The predicted octanol–water partition coefficient (Wildman–Crippen LogP) is 2.37. The molecule has 2 unspecified atom stereocenters. The monoisotopic (exact) mass is 445 g/mol. The lowest BCUT2D eigenvalue weighted by Crippen LogP contribution is -2.50. The van der Waals surface area contributed by atoms with Crippen molar-refractivity contribution in [2.45, 2.75) is 64.1 Å². The third kappa shape index (κ3) is 7.17. The molecule has 8 heteroatoms. The van der Waals surface area contributed by atoms with E-state index in [1.54, 1.807) is 0 Å². The quantitative estimate of drug-likeness (QED) is 0.479. The number of amides is 1. The van der Waals surface area contributed by atoms with Crippen molar-refractivity contribution < 1.29 is 24.1 Å². The maximum absolute atomic E-state index is 12.7. The van der Waals surface area contributed by atoms with Gasteiger partial charge in [-0.25, -0.2) is 4.79 Å². The van der Waals surface area contributed by atoms with Gasteiger partial charge in [-0.05, 0) is 30.2 Å². The van der Waals surface area contributed by atoms with Crippen LogP contribution in [0.15, 0.2) is 30.3 Å². The molecule has 32 heavy (non-hydrogen) atoms. The Kier molecular flexibility index (Phi) is 8.88. The van der Waals surface area contributed by atoms with Crippen molar-refractivity contribution in [1.29, 1.82) is 5.26 Å². The molecule has 3 N–H and O–H groups in total. The first-order chi connectivity index (χ1) is 15.4. The molecule has 3 rings (SSSR count). The summed E-state index contributed by atoms with van der Waals surface area (Å²) in [5.41, 5.74) is 0.957. The molecule has 0 bridgehead atoms. The first-order valence-corrected chi connectivity index (χ1v) is 11.4. The molecule has 5 atom stereocenters. The molecule has 2 heterocycles. The van der Waals surface area contributed by atoms with E-state index in [1.807, 2.05) is 30.3 Å². The van der Waals surface area contributed by atoms with E-state index in [0.29, 0.717) is 39.1 Å². The largest absolute Gasteiger partial charge is 0.443 e. The summed E-state index contributed by atoms with van der Waals surface area (Å²) in [6.07, 6.45) is 0.580. The third-order valence-electron chi connectivity index (χ3n) is 6.18. The van der Waals surface area contributed by atoms with Gasteiger partial charge in [0.25, 0.3) is 0 Å². The average molecular weight is 446 g/mol. The Morgan fingerprint density at radius 1 is 1.34 bits per heavy atom. The van der Waals surface area contributed by atoms with Crippen molar-refractivity contribution in [1.82, 2.24) is 10.6 Å². The maximum Gasteiger partial charge on any atom is 0.407 e. The lowest BCUT2D eigenvalue weighted by molar-refractivity contribution is -0.0907. The number of nitriles is 1. The zero-order chi connectivity index (χ0) is 23.0. The number of rotatable bonds is 11. The van der Waals surface area contributed by atoms with Gasteiger partial charge in [-0.1, -0.05) is 44.2 Å². The van der Waals surface area contributed by atoms with E-state index in [-0.39, 0.29) is 23.7 Å². The van der Waals surface area contributed by atoms with E-state index in [1.165, 1.54) is 0 Å². The highest BCUT2D eigenvalue weighted by Crippen LogP contribution is 2.33. The van der Waals surface area contributed by atoms with E-state index in [9.17, 15) is 9.90 Å². The Labute approximate surface area is 190 Å². The molecule has 0 radical (unpaired) electrons. The smallest absolute Gasteiger partial charge is 0.407 e.